The van der Waals surface area contributed by atoms with Gasteiger partial charge < -0.3 is 11.1 Å². The van der Waals surface area contributed by atoms with Crippen LogP contribution in [-0.4, -0.2) is 17.4 Å². The predicted molar refractivity (Wildman–Crippen MR) is 71.5 cm³/mol. The Kier molecular flexibility index (Phi) is 8.83. The molecule has 1 heterocycles. The Hall–Kier alpha value is -0.360. The number of nitrogens with two attached hydrogens (primary N) is 1. The minimum Gasteiger partial charge on any atom is -0.345 e. The molecule has 0 radical (unpaired) electrons. The summed E-state index contributed by atoms with van der Waals surface area (Å²) in [6.07, 6.45) is 2.09. The second-order valence-corrected chi connectivity index (χ2v) is 4.44. The van der Waals surface area contributed by atoms with Crippen molar-refractivity contribution in [1.82, 2.24) is 10.3 Å². The zero-order valence-electron chi connectivity index (χ0n) is 9.23. The number of hydrogen-bond donors (Lipinski definition) is 2. The van der Waals surface area contributed by atoms with Gasteiger partial charge in [-0.1, -0.05) is 0 Å². The molecule has 0 fully saturated rings. The predicted octanol–water partition coefficient (Wildman–Crippen LogP) is 1.69. The molecular weight excluding hydrogens is 269 g/mol. The zero-order valence-corrected chi connectivity index (χ0v) is 11.7. The first-order chi connectivity index (χ1) is 6.56. The summed E-state index contributed by atoms with van der Waals surface area (Å²) in [4.78, 5) is 15.5. The lowest BCUT2D eigenvalue weighted by Gasteiger charge is -2.23. The molecule has 0 atom stereocenters. The molecule has 1 aromatic heterocycles. The van der Waals surface area contributed by atoms with Crippen molar-refractivity contribution in [2.75, 3.05) is 6.54 Å². The van der Waals surface area contributed by atoms with Gasteiger partial charge in [-0.05, 0) is 13.8 Å². The summed E-state index contributed by atoms with van der Waals surface area (Å²) in [5.74, 6) is -0.0345. The van der Waals surface area contributed by atoms with Crippen LogP contribution in [0.15, 0.2) is 11.6 Å². The molecule has 0 aliphatic heterocycles. The fourth-order valence-electron chi connectivity index (χ4n) is 1.13. The van der Waals surface area contributed by atoms with Gasteiger partial charge in [-0.15, -0.1) is 36.2 Å². The third kappa shape index (κ3) is 5.12. The Labute approximate surface area is 112 Å². The molecule has 0 saturated carbocycles. The van der Waals surface area contributed by atoms with Crippen LogP contribution in [0.4, 0.5) is 0 Å². The van der Waals surface area contributed by atoms with E-state index in [1.807, 2.05) is 19.2 Å². The van der Waals surface area contributed by atoms with Crippen LogP contribution in [0, 0.1) is 0 Å². The van der Waals surface area contributed by atoms with Gasteiger partial charge in [0.1, 0.15) is 5.01 Å². The maximum Gasteiger partial charge on any atom is 0.222 e. The molecule has 0 spiro atoms. The lowest BCUT2D eigenvalue weighted by molar-refractivity contribution is -0.122. The van der Waals surface area contributed by atoms with Gasteiger partial charge in [0.15, 0.2) is 0 Å². The number of hydrogen-bond acceptors (Lipinski definition) is 4. The third-order valence-electron chi connectivity index (χ3n) is 1.79. The van der Waals surface area contributed by atoms with E-state index in [9.17, 15) is 4.79 Å². The van der Waals surface area contributed by atoms with Gasteiger partial charge in [-0.3, -0.25) is 4.79 Å². The third-order valence-corrected chi connectivity index (χ3v) is 2.89. The minimum atomic E-state index is -0.402. The van der Waals surface area contributed by atoms with Gasteiger partial charge in [-0.2, -0.15) is 0 Å². The van der Waals surface area contributed by atoms with E-state index in [0.717, 1.165) is 5.01 Å². The summed E-state index contributed by atoms with van der Waals surface area (Å²) in [5.41, 5.74) is 4.89. The molecule has 1 rings (SSSR count). The molecule has 0 aliphatic carbocycles. The van der Waals surface area contributed by atoms with Crippen molar-refractivity contribution in [3.63, 3.8) is 0 Å². The maximum absolute atomic E-state index is 11.3. The number of halogens is 2. The van der Waals surface area contributed by atoms with Crippen molar-refractivity contribution in [2.45, 2.75) is 25.8 Å². The molecule has 0 aliphatic rings. The van der Waals surface area contributed by atoms with Crippen LogP contribution in [-0.2, 0) is 10.3 Å². The van der Waals surface area contributed by atoms with E-state index in [4.69, 9.17) is 5.73 Å². The summed E-state index contributed by atoms with van der Waals surface area (Å²) in [5, 5.41) is 5.69. The average Bonchev–Trinajstić information content (AvgIpc) is 2.54. The molecule has 1 aromatic rings. The normalized spacial score (nSPS) is 9.94. The van der Waals surface area contributed by atoms with Gasteiger partial charge in [0.25, 0.3) is 0 Å². The van der Waals surface area contributed by atoms with Gasteiger partial charge in [0, 0.05) is 24.5 Å². The molecular formula is C9H17Cl2N3OS. The van der Waals surface area contributed by atoms with E-state index in [2.05, 4.69) is 10.3 Å². The lowest BCUT2D eigenvalue weighted by atomic mass is 10.1. The number of nitrogens with zero attached hydrogens (tertiary/aromatic N) is 1. The highest BCUT2D eigenvalue weighted by Crippen LogP contribution is 2.21. The van der Waals surface area contributed by atoms with Crippen LogP contribution in [0.2, 0.25) is 0 Å². The molecule has 94 valence electrons. The zero-order chi connectivity index (χ0) is 10.6. The molecule has 3 N–H and O–H groups in total. The topological polar surface area (TPSA) is 68.0 Å². The van der Waals surface area contributed by atoms with Crippen molar-refractivity contribution < 1.29 is 4.79 Å². The van der Waals surface area contributed by atoms with Crippen molar-refractivity contribution >= 4 is 42.1 Å². The van der Waals surface area contributed by atoms with E-state index < -0.39 is 5.54 Å². The molecule has 7 heteroatoms. The molecule has 0 aromatic carbocycles. The standard InChI is InChI=1S/C9H15N3OS.2ClH/c1-9(2,8-11-5-6-14-8)12-7(13)3-4-10;;/h5-6H,3-4,10H2,1-2H3,(H,12,13);2*1H. The van der Waals surface area contributed by atoms with Gasteiger partial charge in [0.2, 0.25) is 5.91 Å². The summed E-state index contributed by atoms with van der Waals surface area (Å²) in [6.45, 7) is 4.24. The first-order valence-corrected chi connectivity index (χ1v) is 5.35. The van der Waals surface area contributed by atoms with Crippen LogP contribution >= 0.6 is 36.2 Å². The maximum atomic E-state index is 11.3. The van der Waals surface area contributed by atoms with Gasteiger partial charge in [-0.25, -0.2) is 4.98 Å². The molecule has 1 amide bonds. The van der Waals surface area contributed by atoms with E-state index in [1.54, 1.807) is 6.20 Å². The van der Waals surface area contributed by atoms with E-state index in [-0.39, 0.29) is 30.7 Å². The number of carbonyl (C=O) groups excluding carboxylic acids is 1. The number of nitrogens with one attached hydrogen (secondary N) is 1. The number of aromatic nitrogens is 1. The van der Waals surface area contributed by atoms with E-state index in [0.29, 0.717) is 13.0 Å². The summed E-state index contributed by atoms with van der Waals surface area (Å²) < 4.78 is 0. The summed E-state index contributed by atoms with van der Waals surface area (Å²) in [6, 6.07) is 0. The Morgan fingerprint density at radius 1 is 1.56 bits per heavy atom. The second-order valence-electron chi connectivity index (χ2n) is 3.55. The van der Waals surface area contributed by atoms with Crippen LogP contribution < -0.4 is 11.1 Å². The van der Waals surface area contributed by atoms with Crippen molar-refractivity contribution in [3.05, 3.63) is 16.6 Å². The summed E-state index contributed by atoms with van der Waals surface area (Å²) in [7, 11) is 0. The summed E-state index contributed by atoms with van der Waals surface area (Å²) >= 11 is 1.53. The van der Waals surface area contributed by atoms with Crippen LogP contribution in [0.5, 0.6) is 0 Å². The van der Waals surface area contributed by atoms with Crippen molar-refractivity contribution in [1.29, 1.82) is 0 Å². The van der Waals surface area contributed by atoms with Gasteiger partial charge in [0.05, 0.1) is 5.54 Å². The van der Waals surface area contributed by atoms with Crippen LogP contribution in [0.1, 0.15) is 25.3 Å². The number of rotatable bonds is 4. The van der Waals surface area contributed by atoms with Gasteiger partial charge >= 0.3 is 0 Å². The Bertz CT molecular complexity index is 304. The van der Waals surface area contributed by atoms with E-state index in [1.165, 1.54) is 11.3 Å². The molecule has 16 heavy (non-hydrogen) atoms. The molecule has 4 nitrogen and oxygen atoms in total. The fraction of sp³-hybridized carbons (Fsp3) is 0.556. The smallest absolute Gasteiger partial charge is 0.222 e. The van der Waals surface area contributed by atoms with E-state index >= 15 is 0 Å². The first-order valence-electron chi connectivity index (χ1n) is 4.47. The van der Waals surface area contributed by atoms with Crippen LogP contribution in [0.25, 0.3) is 0 Å². The second kappa shape index (κ2) is 7.84. The van der Waals surface area contributed by atoms with Crippen LogP contribution in [0.3, 0.4) is 0 Å². The van der Waals surface area contributed by atoms with Crippen molar-refractivity contribution in [2.24, 2.45) is 5.73 Å². The largest absolute Gasteiger partial charge is 0.345 e. The number of carbonyl (C=O) groups is 1. The molecule has 0 bridgehead atoms. The molecule has 0 saturated heterocycles. The SMILES string of the molecule is CC(C)(NC(=O)CCN)c1nccs1.Cl.Cl. The average molecular weight is 286 g/mol. The highest BCUT2D eigenvalue weighted by molar-refractivity contribution is 7.09. The quantitative estimate of drug-likeness (QED) is 0.885. The Balaban J connectivity index is 0. The Morgan fingerprint density at radius 3 is 2.62 bits per heavy atom. The lowest BCUT2D eigenvalue weighted by Crippen LogP contribution is -2.41. The minimum absolute atomic E-state index is 0. The highest BCUT2D eigenvalue weighted by atomic mass is 35.5. The Morgan fingerprint density at radius 2 is 2.19 bits per heavy atom. The van der Waals surface area contributed by atoms with Crippen molar-refractivity contribution in [3.8, 4) is 0 Å². The molecule has 0 unspecified atom stereocenters. The number of amides is 1. The number of thiazole rings is 1. The monoisotopic (exact) mass is 285 g/mol. The highest BCUT2D eigenvalue weighted by Gasteiger charge is 2.24. The first kappa shape index (κ1) is 18.0. The fourth-order valence-corrected chi connectivity index (χ4v) is 1.85.